The van der Waals surface area contributed by atoms with Crippen LogP contribution in [0.15, 0.2) is 6.33 Å². The van der Waals surface area contributed by atoms with Gasteiger partial charge in [-0.2, -0.15) is 0 Å². The lowest BCUT2D eigenvalue weighted by molar-refractivity contribution is 0.230. The first-order valence-electron chi connectivity index (χ1n) is 7.22. The molecule has 1 aromatic rings. The molecule has 106 valence electrons. The van der Waals surface area contributed by atoms with Crippen molar-refractivity contribution in [1.82, 2.24) is 14.9 Å². The number of hydrogen-bond donors (Lipinski definition) is 1. The summed E-state index contributed by atoms with van der Waals surface area (Å²) in [6.07, 6.45) is 6.20. The van der Waals surface area contributed by atoms with E-state index in [1.165, 1.54) is 25.9 Å². The van der Waals surface area contributed by atoms with Gasteiger partial charge < -0.3 is 10.1 Å². The predicted molar refractivity (Wildman–Crippen MR) is 76.7 cm³/mol. The van der Waals surface area contributed by atoms with Crippen LogP contribution >= 0.6 is 0 Å². The van der Waals surface area contributed by atoms with Gasteiger partial charge in [-0.05, 0) is 32.4 Å². The third kappa shape index (κ3) is 3.80. The summed E-state index contributed by atoms with van der Waals surface area (Å²) in [7, 11) is 1.88. The molecule has 0 bridgehead atoms. The van der Waals surface area contributed by atoms with Crippen LogP contribution in [0.3, 0.4) is 0 Å². The molecule has 1 aliphatic rings. The normalized spacial score (nSPS) is 15.7. The molecule has 0 aliphatic carbocycles. The number of ether oxygens (including phenoxy) is 1. The van der Waals surface area contributed by atoms with E-state index >= 15 is 0 Å². The molecule has 19 heavy (non-hydrogen) atoms. The number of anilines is 1. The predicted octanol–water partition coefficient (Wildman–Crippen LogP) is 1.95. The van der Waals surface area contributed by atoms with E-state index in [0.29, 0.717) is 6.61 Å². The van der Waals surface area contributed by atoms with Crippen molar-refractivity contribution in [3.05, 3.63) is 11.9 Å². The Balaban J connectivity index is 1.94. The molecule has 0 unspecified atom stereocenters. The van der Waals surface area contributed by atoms with Gasteiger partial charge in [-0.25, -0.2) is 9.97 Å². The van der Waals surface area contributed by atoms with E-state index in [1.807, 2.05) is 7.05 Å². The number of aromatic nitrogens is 2. The van der Waals surface area contributed by atoms with E-state index in [1.54, 1.807) is 6.33 Å². The maximum atomic E-state index is 5.86. The Morgan fingerprint density at radius 3 is 2.79 bits per heavy atom. The summed E-state index contributed by atoms with van der Waals surface area (Å²) in [4.78, 5) is 11.0. The van der Waals surface area contributed by atoms with Gasteiger partial charge >= 0.3 is 0 Å². The Kier molecular flexibility index (Phi) is 5.39. The van der Waals surface area contributed by atoms with Crippen LogP contribution in [-0.4, -0.2) is 48.2 Å². The van der Waals surface area contributed by atoms with Crippen molar-refractivity contribution in [3.8, 4) is 5.88 Å². The first-order chi connectivity index (χ1) is 9.35. The fourth-order valence-electron chi connectivity index (χ4n) is 2.49. The number of likely N-dealkylation sites (tertiary alicyclic amines) is 1. The quantitative estimate of drug-likeness (QED) is 0.815. The van der Waals surface area contributed by atoms with Gasteiger partial charge in [0.15, 0.2) is 0 Å². The lowest BCUT2D eigenvalue weighted by Gasteiger charge is -2.16. The molecule has 1 aromatic heterocycles. The van der Waals surface area contributed by atoms with Crippen LogP contribution in [0.25, 0.3) is 0 Å². The molecule has 2 heterocycles. The van der Waals surface area contributed by atoms with Crippen molar-refractivity contribution in [1.29, 1.82) is 0 Å². The minimum absolute atomic E-state index is 0.705. The molecule has 5 heteroatoms. The Bertz CT molecular complexity index is 391. The van der Waals surface area contributed by atoms with Gasteiger partial charge in [-0.15, -0.1) is 0 Å². The standard InChI is InChI=1S/C14H24N4O/c1-3-6-12-13(15-2)16-11-17-14(12)19-10-9-18-7-4-5-8-18/h11H,3-10H2,1-2H3,(H,15,16,17). The van der Waals surface area contributed by atoms with Gasteiger partial charge in [0.25, 0.3) is 0 Å². The van der Waals surface area contributed by atoms with Crippen molar-refractivity contribution >= 4 is 5.82 Å². The summed E-state index contributed by atoms with van der Waals surface area (Å²) in [5.74, 6) is 1.62. The van der Waals surface area contributed by atoms with Crippen LogP contribution in [0.2, 0.25) is 0 Å². The second kappa shape index (κ2) is 7.28. The van der Waals surface area contributed by atoms with Crippen molar-refractivity contribution < 1.29 is 4.74 Å². The first kappa shape index (κ1) is 14.1. The highest BCUT2D eigenvalue weighted by Crippen LogP contribution is 2.23. The molecule has 0 saturated carbocycles. The second-order valence-corrected chi connectivity index (χ2v) is 4.90. The zero-order valence-corrected chi connectivity index (χ0v) is 12.0. The molecule has 0 aromatic carbocycles. The SMILES string of the molecule is CCCc1c(NC)ncnc1OCCN1CCCC1. The third-order valence-corrected chi connectivity index (χ3v) is 3.49. The molecular formula is C14H24N4O. The average Bonchev–Trinajstić information content (AvgIpc) is 2.94. The average molecular weight is 264 g/mol. The highest BCUT2D eigenvalue weighted by Gasteiger charge is 2.13. The lowest BCUT2D eigenvalue weighted by atomic mass is 10.2. The Labute approximate surface area is 115 Å². The zero-order chi connectivity index (χ0) is 13.5. The van der Waals surface area contributed by atoms with Gasteiger partial charge in [0.05, 0.1) is 5.56 Å². The molecule has 2 rings (SSSR count). The summed E-state index contributed by atoms with van der Waals surface area (Å²) >= 11 is 0. The van der Waals surface area contributed by atoms with Gasteiger partial charge in [0.1, 0.15) is 18.8 Å². The summed E-state index contributed by atoms with van der Waals surface area (Å²) in [6.45, 7) is 6.26. The summed E-state index contributed by atoms with van der Waals surface area (Å²) in [6, 6.07) is 0. The van der Waals surface area contributed by atoms with Crippen molar-refractivity contribution in [2.24, 2.45) is 0 Å². The molecular weight excluding hydrogens is 240 g/mol. The maximum Gasteiger partial charge on any atom is 0.221 e. The second-order valence-electron chi connectivity index (χ2n) is 4.90. The number of nitrogens with one attached hydrogen (secondary N) is 1. The smallest absolute Gasteiger partial charge is 0.221 e. The molecule has 1 N–H and O–H groups in total. The number of nitrogens with zero attached hydrogens (tertiary/aromatic N) is 3. The highest BCUT2D eigenvalue weighted by atomic mass is 16.5. The van der Waals surface area contributed by atoms with Crippen LogP contribution in [0.4, 0.5) is 5.82 Å². The van der Waals surface area contributed by atoms with Gasteiger partial charge in [-0.3, -0.25) is 4.90 Å². The van der Waals surface area contributed by atoms with E-state index in [0.717, 1.165) is 36.6 Å². The molecule has 5 nitrogen and oxygen atoms in total. The van der Waals surface area contributed by atoms with Crippen LogP contribution in [0.5, 0.6) is 5.88 Å². The zero-order valence-electron chi connectivity index (χ0n) is 12.0. The van der Waals surface area contributed by atoms with Crippen LogP contribution < -0.4 is 10.1 Å². The molecule has 0 atom stereocenters. The van der Waals surface area contributed by atoms with E-state index in [9.17, 15) is 0 Å². The topological polar surface area (TPSA) is 50.3 Å². The largest absolute Gasteiger partial charge is 0.476 e. The summed E-state index contributed by atoms with van der Waals surface area (Å²) < 4.78 is 5.86. The van der Waals surface area contributed by atoms with E-state index < -0.39 is 0 Å². The minimum Gasteiger partial charge on any atom is -0.476 e. The Morgan fingerprint density at radius 1 is 1.32 bits per heavy atom. The van der Waals surface area contributed by atoms with Crippen LogP contribution in [0, 0.1) is 0 Å². The molecule has 1 aliphatic heterocycles. The van der Waals surface area contributed by atoms with Crippen molar-refractivity contribution in [2.45, 2.75) is 32.6 Å². The summed E-state index contributed by atoms with van der Waals surface area (Å²) in [5, 5.41) is 3.11. The summed E-state index contributed by atoms with van der Waals surface area (Å²) in [5.41, 5.74) is 1.09. The van der Waals surface area contributed by atoms with Gasteiger partial charge in [0.2, 0.25) is 5.88 Å². The highest BCUT2D eigenvalue weighted by molar-refractivity contribution is 5.48. The van der Waals surface area contributed by atoms with E-state index in [4.69, 9.17) is 4.74 Å². The molecule has 0 spiro atoms. The molecule has 0 radical (unpaired) electrons. The Hall–Kier alpha value is -1.36. The van der Waals surface area contributed by atoms with Gasteiger partial charge in [-0.1, -0.05) is 13.3 Å². The van der Waals surface area contributed by atoms with Gasteiger partial charge in [0, 0.05) is 13.6 Å². The number of hydrogen-bond acceptors (Lipinski definition) is 5. The number of rotatable bonds is 7. The molecule has 0 amide bonds. The van der Waals surface area contributed by atoms with Crippen LogP contribution in [-0.2, 0) is 6.42 Å². The van der Waals surface area contributed by atoms with E-state index in [2.05, 4.69) is 27.1 Å². The Morgan fingerprint density at radius 2 is 2.11 bits per heavy atom. The maximum absolute atomic E-state index is 5.86. The first-order valence-corrected chi connectivity index (χ1v) is 7.22. The van der Waals surface area contributed by atoms with Crippen LogP contribution in [0.1, 0.15) is 31.7 Å². The third-order valence-electron chi connectivity index (χ3n) is 3.49. The molecule has 1 fully saturated rings. The molecule has 1 saturated heterocycles. The lowest BCUT2D eigenvalue weighted by Crippen LogP contribution is -2.25. The monoisotopic (exact) mass is 264 g/mol. The van der Waals surface area contributed by atoms with Crippen molar-refractivity contribution in [2.75, 3.05) is 38.6 Å². The fraction of sp³-hybridized carbons (Fsp3) is 0.714. The van der Waals surface area contributed by atoms with E-state index in [-0.39, 0.29) is 0 Å². The van der Waals surface area contributed by atoms with Crippen molar-refractivity contribution in [3.63, 3.8) is 0 Å². The minimum atomic E-state index is 0.705. The fourth-order valence-corrected chi connectivity index (χ4v) is 2.49.